The zero-order chi connectivity index (χ0) is 21.3. The molecule has 0 fully saturated rings. The number of anilines is 2. The molecule has 5 heterocycles. The molecule has 154 valence electrons. The zero-order valence-corrected chi connectivity index (χ0v) is 17.5. The Balaban J connectivity index is 1.26. The minimum absolute atomic E-state index is 0.644. The first-order valence-corrected chi connectivity index (χ1v) is 10.8. The fourth-order valence-corrected chi connectivity index (χ4v) is 4.09. The van der Waals surface area contributed by atoms with Crippen LogP contribution in [0.5, 0.6) is 0 Å². The second-order valence-electron chi connectivity index (χ2n) is 7.13. The molecule has 6 rings (SSSR count). The molecular formula is C23H16N8S. The maximum Gasteiger partial charge on any atom is 0.161 e. The van der Waals surface area contributed by atoms with Gasteiger partial charge in [0.05, 0.1) is 29.5 Å². The maximum absolute atomic E-state index is 4.68. The minimum atomic E-state index is 0.644. The third kappa shape index (κ3) is 3.50. The van der Waals surface area contributed by atoms with Gasteiger partial charge in [0.25, 0.3) is 0 Å². The highest BCUT2D eigenvalue weighted by Gasteiger charge is 2.09. The highest BCUT2D eigenvalue weighted by molar-refractivity contribution is 7.13. The molecule has 1 aromatic carbocycles. The molecule has 0 spiro atoms. The van der Waals surface area contributed by atoms with Gasteiger partial charge in [0, 0.05) is 46.0 Å². The lowest BCUT2D eigenvalue weighted by Gasteiger charge is -2.07. The third-order valence-corrected chi connectivity index (χ3v) is 5.84. The van der Waals surface area contributed by atoms with Crippen LogP contribution in [0.15, 0.2) is 78.8 Å². The molecule has 0 amide bonds. The molecule has 0 bridgehead atoms. The Bertz CT molecular complexity index is 1490. The van der Waals surface area contributed by atoms with E-state index in [0.29, 0.717) is 11.6 Å². The van der Waals surface area contributed by atoms with Crippen molar-refractivity contribution < 1.29 is 0 Å². The van der Waals surface area contributed by atoms with Crippen molar-refractivity contribution in [3.63, 3.8) is 0 Å². The van der Waals surface area contributed by atoms with Crippen LogP contribution in [0, 0.1) is 0 Å². The van der Waals surface area contributed by atoms with Crippen molar-refractivity contribution in [2.75, 3.05) is 5.32 Å². The topological polar surface area (TPSA) is 108 Å². The highest BCUT2D eigenvalue weighted by atomic mass is 32.1. The molecule has 0 aliphatic carbocycles. The quantitative estimate of drug-likeness (QED) is 0.339. The van der Waals surface area contributed by atoms with Crippen molar-refractivity contribution in [2.24, 2.45) is 0 Å². The number of benzene rings is 1. The summed E-state index contributed by atoms with van der Waals surface area (Å²) in [5.74, 6) is 1.34. The number of nitrogens with one attached hydrogen (secondary N) is 3. The number of pyridine rings is 1. The normalized spacial score (nSPS) is 11.1. The van der Waals surface area contributed by atoms with Gasteiger partial charge >= 0.3 is 0 Å². The van der Waals surface area contributed by atoms with Gasteiger partial charge in [-0.25, -0.2) is 15.0 Å². The molecule has 5 aromatic heterocycles. The minimum Gasteiger partial charge on any atom is -0.353 e. The Labute approximate surface area is 186 Å². The van der Waals surface area contributed by atoms with Crippen molar-refractivity contribution in [1.29, 1.82) is 0 Å². The summed E-state index contributed by atoms with van der Waals surface area (Å²) < 4.78 is 0. The Morgan fingerprint density at radius 1 is 0.875 bits per heavy atom. The second-order valence-corrected chi connectivity index (χ2v) is 8.03. The van der Waals surface area contributed by atoms with Crippen LogP contribution in [0.25, 0.3) is 44.2 Å². The fraction of sp³-hybridized carbons (Fsp3) is 0. The van der Waals surface area contributed by atoms with Gasteiger partial charge in [0.2, 0.25) is 0 Å². The third-order valence-electron chi connectivity index (χ3n) is 5.03. The molecule has 3 N–H and O–H groups in total. The molecule has 8 nitrogen and oxygen atoms in total. The number of nitrogens with zero attached hydrogens (tertiary/aromatic N) is 5. The highest BCUT2D eigenvalue weighted by Crippen LogP contribution is 2.28. The average molecular weight is 437 g/mol. The summed E-state index contributed by atoms with van der Waals surface area (Å²) in [4.78, 5) is 21.4. The second kappa shape index (κ2) is 7.71. The SMILES string of the molecule is c1cc(Nc2ccc(-c3cn[nH]c3)nc2)nc(-c2ccc3cc(-c4nccs4)[nH]c3c2)n1. The number of hydrogen-bond acceptors (Lipinski definition) is 7. The fourth-order valence-electron chi connectivity index (χ4n) is 3.48. The summed E-state index contributed by atoms with van der Waals surface area (Å²) >= 11 is 1.61. The Morgan fingerprint density at radius 2 is 1.88 bits per heavy atom. The van der Waals surface area contributed by atoms with Gasteiger partial charge in [-0.1, -0.05) is 12.1 Å². The van der Waals surface area contributed by atoms with E-state index in [9.17, 15) is 0 Å². The number of rotatable bonds is 5. The summed E-state index contributed by atoms with van der Waals surface area (Å²) in [6, 6.07) is 14.0. The van der Waals surface area contributed by atoms with Crippen molar-refractivity contribution >= 4 is 33.7 Å². The van der Waals surface area contributed by atoms with Gasteiger partial charge in [0.15, 0.2) is 5.82 Å². The van der Waals surface area contributed by atoms with Crippen LogP contribution in [0.2, 0.25) is 0 Å². The Kier molecular flexibility index (Phi) is 4.43. The number of thiazole rings is 1. The molecule has 0 atom stereocenters. The van der Waals surface area contributed by atoms with Crippen molar-refractivity contribution in [1.82, 2.24) is 35.1 Å². The largest absolute Gasteiger partial charge is 0.353 e. The lowest BCUT2D eigenvalue weighted by Crippen LogP contribution is -1.97. The van der Waals surface area contributed by atoms with E-state index < -0.39 is 0 Å². The molecule has 0 radical (unpaired) electrons. The van der Waals surface area contributed by atoms with Crippen LogP contribution in [-0.4, -0.2) is 35.1 Å². The number of H-pyrrole nitrogens is 2. The molecule has 32 heavy (non-hydrogen) atoms. The molecular weight excluding hydrogens is 420 g/mol. The molecule has 0 aliphatic heterocycles. The number of hydrogen-bond donors (Lipinski definition) is 3. The van der Waals surface area contributed by atoms with Crippen LogP contribution < -0.4 is 5.32 Å². The zero-order valence-electron chi connectivity index (χ0n) is 16.6. The molecule has 6 aromatic rings. The standard InChI is InChI=1S/C23H16N8S/c1-2-15(10-19-14(1)9-20(30-19)23-25-7-8-32-23)22-24-6-5-21(31-22)29-17-3-4-18(26-13-17)16-11-27-28-12-16/h1-13,30H,(H,27,28)(H,24,29,31). The lowest BCUT2D eigenvalue weighted by atomic mass is 10.1. The van der Waals surface area contributed by atoms with Crippen molar-refractivity contribution in [3.05, 3.63) is 78.8 Å². The average Bonchev–Trinajstić information content (AvgIpc) is 3.61. The Morgan fingerprint density at radius 3 is 2.69 bits per heavy atom. The molecule has 0 saturated carbocycles. The summed E-state index contributed by atoms with van der Waals surface area (Å²) in [7, 11) is 0. The lowest BCUT2D eigenvalue weighted by molar-refractivity contribution is 1.09. The van der Waals surface area contributed by atoms with Gasteiger partial charge in [-0.15, -0.1) is 11.3 Å². The van der Waals surface area contributed by atoms with E-state index in [4.69, 9.17) is 0 Å². The number of aromatic nitrogens is 7. The van der Waals surface area contributed by atoms with Gasteiger partial charge in [-0.2, -0.15) is 5.10 Å². The predicted octanol–water partition coefficient (Wildman–Crippen LogP) is 5.28. The van der Waals surface area contributed by atoms with Crippen molar-refractivity contribution in [3.8, 4) is 33.3 Å². The Hall–Kier alpha value is -4.37. The number of fused-ring (bicyclic) bond motifs is 1. The van der Waals surface area contributed by atoms with Crippen LogP contribution >= 0.6 is 11.3 Å². The molecule has 0 saturated heterocycles. The summed E-state index contributed by atoms with van der Waals surface area (Å²) in [6.45, 7) is 0. The van der Waals surface area contributed by atoms with Crippen molar-refractivity contribution in [2.45, 2.75) is 0 Å². The van der Waals surface area contributed by atoms with E-state index in [2.05, 4.69) is 58.6 Å². The number of aromatic amines is 2. The van der Waals surface area contributed by atoms with Crippen LogP contribution in [-0.2, 0) is 0 Å². The van der Waals surface area contributed by atoms with Crippen LogP contribution in [0.4, 0.5) is 11.5 Å². The monoisotopic (exact) mass is 436 g/mol. The van der Waals surface area contributed by atoms with Gasteiger partial charge in [-0.05, 0) is 30.3 Å². The summed E-state index contributed by atoms with van der Waals surface area (Å²) in [5, 5.41) is 14.1. The van der Waals surface area contributed by atoms with E-state index in [1.54, 1.807) is 29.9 Å². The van der Waals surface area contributed by atoms with Crippen LogP contribution in [0.3, 0.4) is 0 Å². The van der Waals surface area contributed by atoms with Gasteiger partial charge in [0.1, 0.15) is 10.8 Å². The van der Waals surface area contributed by atoms with E-state index in [1.165, 1.54) is 0 Å². The first kappa shape index (κ1) is 18.4. The summed E-state index contributed by atoms with van der Waals surface area (Å²) in [6.07, 6.45) is 8.89. The van der Waals surface area contributed by atoms with E-state index >= 15 is 0 Å². The van der Waals surface area contributed by atoms with E-state index in [0.717, 1.165) is 44.1 Å². The first-order chi connectivity index (χ1) is 15.8. The molecule has 9 heteroatoms. The maximum atomic E-state index is 4.68. The molecule has 0 unspecified atom stereocenters. The predicted molar refractivity (Wildman–Crippen MR) is 126 cm³/mol. The summed E-state index contributed by atoms with van der Waals surface area (Å²) in [5.41, 5.74) is 5.60. The van der Waals surface area contributed by atoms with Gasteiger partial charge in [-0.3, -0.25) is 10.1 Å². The van der Waals surface area contributed by atoms with Crippen LogP contribution in [0.1, 0.15) is 0 Å². The van der Waals surface area contributed by atoms with E-state index in [-0.39, 0.29) is 0 Å². The first-order valence-electron chi connectivity index (χ1n) is 9.90. The molecule has 0 aliphatic rings. The smallest absolute Gasteiger partial charge is 0.161 e. The van der Waals surface area contributed by atoms with E-state index in [1.807, 2.05) is 42.0 Å². The van der Waals surface area contributed by atoms with Gasteiger partial charge < -0.3 is 10.3 Å².